The maximum Gasteiger partial charge on any atom is 0.313 e. The van der Waals surface area contributed by atoms with Crippen LogP contribution in [-0.4, -0.2) is 32.3 Å². The second-order valence-corrected chi connectivity index (χ2v) is 4.02. The summed E-state index contributed by atoms with van der Waals surface area (Å²) in [6, 6.07) is 0. The van der Waals surface area contributed by atoms with Crippen LogP contribution in [0.2, 0.25) is 0 Å². The van der Waals surface area contributed by atoms with Gasteiger partial charge in [0.05, 0.1) is 12.0 Å². The molecule has 0 amide bonds. The van der Waals surface area contributed by atoms with E-state index in [1.807, 2.05) is 6.92 Å². The fourth-order valence-electron chi connectivity index (χ4n) is 2.03. The van der Waals surface area contributed by atoms with Gasteiger partial charge in [0.15, 0.2) is 0 Å². The van der Waals surface area contributed by atoms with Gasteiger partial charge in [-0.3, -0.25) is 4.79 Å². The van der Waals surface area contributed by atoms with Gasteiger partial charge in [0, 0.05) is 13.2 Å². The average molecular weight is 215 g/mol. The fraction of sp³-hybridized carbons (Fsp3) is 0.909. The monoisotopic (exact) mass is 215 g/mol. The first-order chi connectivity index (χ1) is 7.25. The molecule has 2 N–H and O–H groups in total. The van der Waals surface area contributed by atoms with Crippen molar-refractivity contribution in [1.29, 1.82) is 0 Å². The second-order valence-electron chi connectivity index (χ2n) is 4.02. The van der Waals surface area contributed by atoms with E-state index in [2.05, 4.69) is 0 Å². The predicted octanol–water partition coefficient (Wildman–Crippen LogP) is 1.09. The molecule has 88 valence electrons. The first-order valence-corrected chi connectivity index (χ1v) is 5.70. The number of carbonyl (C=O) groups excluding carboxylic acids is 1. The number of hydrogen-bond donors (Lipinski definition) is 1. The third kappa shape index (κ3) is 3.18. The standard InChI is InChI=1S/C11H21NO3/c1-2-14-7-8-15-10(13)11(9-12)5-3-4-6-11/h2-9,12H2,1H3. The van der Waals surface area contributed by atoms with Crippen LogP contribution in [0.5, 0.6) is 0 Å². The van der Waals surface area contributed by atoms with E-state index in [0.717, 1.165) is 25.7 Å². The van der Waals surface area contributed by atoms with Crippen LogP contribution in [0.1, 0.15) is 32.6 Å². The summed E-state index contributed by atoms with van der Waals surface area (Å²) in [6.45, 7) is 3.79. The van der Waals surface area contributed by atoms with Crippen LogP contribution in [0.15, 0.2) is 0 Å². The van der Waals surface area contributed by atoms with Gasteiger partial charge in [0.1, 0.15) is 6.61 Å². The molecule has 1 rings (SSSR count). The molecule has 4 heteroatoms. The van der Waals surface area contributed by atoms with Gasteiger partial charge in [-0.1, -0.05) is 12.8 Å². The summed E-state index contributed by atoms with van der Waals surface area (Å²) in [5.41, 5.74) is 5.27. The largest absolute Gasteiger partial charge is 0.463 e. The Kier molecular flexibility index (Phi) is 5.05. The first-order valence-electron chi connectivity index (χ1n) is 5.70. The van der Waals surface area contributed by atoms with E-state index in [-0.39, 0.29) is 5.97 Å². The van der Waals surface area contributed by atoms with Crippen molar-refractivity contribution >= 4 is 5.97 Å². The van der Waals surface area contributed by atoms with Crippen molar-refractivity contribution in [1.82, 2.24) is 0 Å². The van der Waals surface area contributed by atoms with Crippen molar-refractivity contribution in [2.75, 3.05) is 26.4 Å². The molecule has 4 nitrogen and oxygen atoms in total. The van der Waals surface area contributed by atoms with Gasteiger partial charge in [0.25, 0.3) is 0 Å². The Hall–Kier alpha value is -0.610. The molecule has 0 bridgehead atoms. The molecule has 0 aromatic heterocycles. The minimum atomic E-state index is -0.397. The molecule has 1 aliphatic rings. The molecule has 0 aromatic rings. The highest BCUT2D eigenvalue weighted by Crippen LogP contribution is 2.38. The quantitative estimate of drug-likeness (QED) is 0.532. The Morgan fingerprint density at radius 2 is 2.00 bits per heavy atom. The summed E-state index contributed by atoms with van der Waals surface area (Å²) < 4.78 is 10.3. The van der Waals surface area contributed by atoms with E-state index in [0.29, 0.717) is 26.4 Å². The van der Waals surface area contributed by atoms with Gasteiger partial charge < -0.3 is 15.2 Å². The molecule has 1 aliphatic carbocycles. The number of nitrogens with two attached hydrogens (primary N) is 1. The third-order valence-corrected chi connectivity index (χ3v) is 3.05. The molecule has 0 atom stereocenters. The SMILES string of the molecule is CCOCCOC(=O)C1(CN)CCCC1. The molecule has 0 heterocycles. The molecule has 15 heavy (non-hydrogen) atoms. The van der Waals surface area contributed by atoms with Gasteiger partial charge in [-0.2, -0.15) is 0 Å². The topological polar surface area (TPSA) is 61.5 Å². The number of carbonyl (C=O) groups is 1. The normalized spacial score (nSPS) is 19.1. The van der Waals surface area contributed by atoms with Gasteiger partial charge in [-0.05, 0) is 19.8 Å². The number of ether oxygens (including phenoxy) is 2. The Labute approximate surface area is 91.1 Å². The maximum absolute atomic E-state index is 11.8. The highest BCUT2D eigenvalue weighted by Gasteiger charge is 2.41. The van der Waals surface area contributed by atoms with Crippen LogP contribution in [0, 0.1) is 5.41 Å². The van der Waals surface area contributed by atoms with Gasteiger partial charge in [0.2, 0.25) is 0 Å². The van der Waals surface area contributed by atoms with Crippen molar-refractivity contribution in [3.05, 3.63) is 0 Å². The Morgan fingerprint density at radius 3 is 2.53 bits per heavy atom. The van der Waals surface area contributed by atoms with E-state index in [1.165, 1.54) is 0 Å². The van der Waals surface area contributed by atoms with Crippen molar-refractivity contribution < 1.29 is 14.3 Å². The summed E-state index contributed by atoms with van der Waals surface area (Å²) in [7, 11) is 0. The van der Waals surface area contributed by atoms with Gasteiger partial charge in [-0.25, -0.2) is 0 Å². The van der Waals surface area contributed by atoms with Crippen molar-refractivity contribution in [3.8, 4) is 0 Å². The molecule has 0 unspecified atom stereocenters. The van der Waals surface area contributed by atoms with E-state index >= 15 is 0 Å². The average Bonchev–Trinajstić information content (AvgIpc) is 2.74. The second kappa shape index (κ2) is 6.08. The fourth-order valence-corrected chi connectivity index (χ4v) is 2.03. The summed E-state index contributed by atoms with van der Waals surface area (Å²) in [5.74, 6) is -0.137. The summed E-state index contributed by atoms with van der Waals surface area (Å²) in [6.07, 6.45) is 3.91. The zero-order chi connectivity index (χ0) is 11.1. The zero-order valence-corrected chi connectivity index (χ0v) is 9.46. The molecule has 1 saturated carbocycles. The Balaban J connectivity index is 2.31. The molecule has 0 spiro atoms. The van der Waals surface area contributed by atoms with Gasteiger partial charge >= 0.3 is 5.97 Å². The molecular formula is C11H21NO3. The predicted molar refractivity (Wildman–Crippen MR) is 57.4 cm³/mol. The molecule has 0 saturated heterocycles. The lowest BCUT2D eigenvalue weighted by molar-refractivity contribution is -0.156. The third-order valence-electron chi connectivity index (χ3n) is 3.05. The van der Waals surface area contributed by atoms with Crippen LogP contribution in [-0.2, 0) is 14.3 Å². The number of hydrogen-bond acceptors (Lipinski definition) is 4. The zero-order valence-electron chi connectivity index (χ0n) is 9.46. The Morgan fingerprint density at radius 1 is 1.33 bits per heavy atom. The lowest BCUT2D eigenvalue weighted by Gasteiger charge is -2.24. The highest BCUT2D eigenvalue weighted by molar-refractivity contribution is 5.77. The lowest BCUT2D eigenvalue weighted by atomic mass is 9.86. The highest BCUT2D eigenvalue weighted by atomic mass is 16.6. The van der Waals surface area contributed by atoms with Crippen LogP contribution in [0.25, 0.3) is 0 Å². The van der Waals surface area contributed by atoms with Crippen LogP contribution in [0.3, 0.4) is 0 Å². The van der Waals surface area contributed by atoms with E-state index in [9.17, 15) is 4.79 Å². The number of esters is 1. The van der Waals surface area contributed by atoms with Crippen molar-refractivity contribution in [2.24, 2.45) is 11.1 Å². The van der Waals surface area contributed by atoms with Crippen LogP contribution in [0.4, 0.5) is 0 Å². The van der Waals surface area contributed by atoms with E-state index < -0.39 is 5.41 Å². The van der Waals surface area contributed by atoms with E-state index in [4.69, 9.17) is 15.2 Å². The summed E-state index contributed by atoms with van der Waals surface area (Å²) in [5, 5.41) is 0. The minimum Gasteiger partial charge on any atom is -0.463 e. The van der Waals surface area contributed by atoms with Crippen LogP contribution < -0.4 is 5.73 Å². The Bertz CT molecular complexity index is 200. The summed E-state index contributed by atoms with van der Waals surface area (Å²) in [4.78, 5) is 11.8. The van der Waals surface area contributed by atoms with E-state index in [1.54, 1.807) is 0 Å². The number of rotatable bonds is 6. The molecule has 0 radical (unpaired) electrons. The molecule has 0 aliphatic heterocycles. The summed E-state index contributed by atoms with van der Waals surface area (Å²) >= 11 is 0. The lowest BCUT2D eigenvalue weighted by Crippen LogP contribution is -2.38. The van der Waals surface area contributed by atoms with Crippen LogP contribution >= 0.6 is 0 Å². The van der Waals surface area contributed by atoms with Gasteiger partial charge in [-0.15, -0.1) is 0 Å². The molecule has 0 aromatic carbocycles. The van der Waals surface area contributed by atoms with Crippen molar-refractivity contribution in [3.63, 3.8) is 0 Å². The molecular weight excluding hydrogens is 194 g/mol. The van der Waals surface area contributed by atoms with Crippen molar-refractivity contribution in [2.45, 2.75) is 32.6 Å². The minimum absolute atomic E-state index is 0.137. The smallest absolute Gasteiger partial charge is 0.313 e. The molecule has 1 fully saturated rings. The first kappa shape index (κ1) is 12.5. The maximum atomic E-state index is 11.8.